The zero-order valence-electron chi connectivity index (χ0n) is 15.9. The van der Waals surface area contributed by atoms with Crippen molar-refractivity contribution in [1.82, 2.24) is 9.62 Å². The average molecular weight is 426 g/mol. The zero-order chi connectivity index (χ0) is 20.7. The number of nitrogens with one attached hydrogen (secondary N) is 2. The number of likely N-dealkylation sites (N-methyl/N-ethyl adjacent to an activating group) is 1. The molecule has 0 aliphatic rings. The highest BCUT2D eigenvalue weighted by Gasteiger charge is 2.27. The van der Waals surface area contributed by atoms with Gasteiger partial charge in [0.05, 0.1) is 20.2 Å². The van der Waals surface area contributed by atoms with Gasteiger partial charge < -0.3 is 15.4 Å². The van der Waals surface area contributed by atoms with Crippen LogP contribution >= 0.6 is 11.3 Å². The molecular formula is C18H23N3O5S2. The van der Waals surface area contributed by atoms with Crippen molar-refractivity contribution in [2.75, 3.05) is 25.5 Å². The fourth-order valence-corrected chi connectivity index (χ4v) is 5.21. The van der Waals surface area contributed by atoms with E-state index in [1.807, 2.05) is 0 Å². The maximum atomic E-state index is 12.9. The summed E-state index contributed by atoms with van der Waals surface area (Å²) in [7, 11) is -2.29. The van der Waals surface area contributed by atoms with E-state index in [-0.39, 0.29) is 29.8 Å². The van der Waals surface area contributed by atoms with Gasteiger partial charge in [-0.3, -0.25) is 9.59 Å². The number of sulfonamides is 1. The van der Waals surface area contributed by atoms with Crippen LogP contribution in [0.4, 0.5) is 5.69 Å². The van der Waals surface area contributed by atoms with Crippen molar-refractivity contribution in [2.24, 2.45) is 0 Å². The number of anilines is 1. The number of hydrogen-bond acceptors (Lipinski definition) is 6. The molecule has 8 nitrogen and oxygen atoms in total. The summed E-state index contributed by atoms with van der Waals surface area (Å²) in [4.78, 5) is 24.1. The molecule has 0 bridgehead atoms. The summed E-state index contributed by atoms with van der Waals surface area (Å²) >= 11 is 1.07. The molecule has 0 saturated heterocycles. The average Bonchev–Trinajstić information content (AvgIpc) is 3.14. The van der Waals surface area contributed by atoms with Crippen molar-refractivity contribution >= 4 is 38.9 Å². The highest BCUT2D eigenvalue weighted by Crippen LogP contribution is 2.25. The summed E-state index contributed by atoms with van der Waals surface area (Å²) in [6.07, 6.45) is 0. The Hall–Kier alpha value is -2.43. The van der Waals surface area contributed by atoms with E-state index < -0.39 is 15.9 Å². The third-order valence-electron chi connectivity index (χ3n) is 3.77. The Labute approximate surface area is 168 Å². The molecule has 0 atom stereocenters. The third-order valence-corrected chi connectivity index (χ3v) is 7.24. The Morgan fingerprint density at radius 1 is 1.21 bits per heavy atom. The lowest BCUT2D eigenvalue weighted by Crippen LogP contribution is -2.37. The molecule has 2 N–H and O–H groups in total. The van der Waals surface area contributed by atoms with Crippen LogP contribution < -0.4 is 15.4 Å². The molecule has 0 spiro atoms. The van der Waals surface area contributed by atoms with Gasteiger partial charge in [0.2, 0.25) is 11.8 Å². The first-order valence-corrected chi connectivity index (χ1v) is 10.8. The number of rotatable bonds is 9. The van der Waals surface area contributed by atoms with E-state index >= 15 is 0 Å². The van der Waals surface area contributed by atoms with Gasteiger partial charge in [-0.2, -0.15) is 4.31 Å². The molecule has 28 heavy (non-hydrogen) atoms. The lowest BCUT2D eigenvalue weighted by atomic mass is 10.3. The first-order chi connectivity index (χ1) is 13.3. The maximum absolute atomic E-state index is 12.9. The third kappa shape index (κ3) is 5.78. The molecule has 0 aliphatic carbocycles. The predicted octanol–water partition coefficient (Wildman–Crippen LogP) is 2.04. The number of methoxy groups -OCH3 is 1. The number of amides is 2. The molecule has 10 heteroatoms. The van der Waals surface area contributed by atoms with E-state index in [0.29, 0.717) is 16.3 Å². The van der Waals surface area contributed by atoms with Crippen LogP contribution in [0.3, 0.4) is 0 Å². The normalized spacial score (nSPS) is 11.3. The van der Waals surface area contributed by atoms with E-state index in [4.69, 9.17) is 4.74 Å². The minimum atomic E-state index is -3.82. The Kier molecular flexibility index (Phi) is 7.55. The quantitative estimate of drug-likeness (QED) is 0.640. The predicted molar refractivity (Wildman–Crippen MR) is 108 cm³/mol. The van der Waals surface area contributed by atoms with Gasteiger partial charge >= 0.3 is 0 Å². The fourth-order valence-electron chi connectivity index (χ4n) is 2.36. The van der Waals surface area contributed by atoms with Crippen LogP contribution in [-0.2, 0) is 26.2 Å². The number of nitrogens with zero attached hydrogens (tertiary/aromatic N) is 1. The van der Waals surface area contributed by atoms with Gasteiger partial charge in [-0.25, -0.2) is 8.42 Å². The number of carbonyl (C=O) groups is 2. The molecule has 2 amide bonds. The molecule has 2 rings (SSSR count). The molecule has 1 aromatic carbocycles. The van der Waals surface area contributed by atoms with Crippen molar-refractivity contribution < 1.29 is 22.7 Å². The minimum absolute atomic E-state index is 0.129. The summed E-state index contributed by atoms with van der Waals surface area (Å²) in [5.41, 5.74) is 0.520. The Bertz CT molecular complexity index is 940. The van der Waals surface area contributed by atoms with Crippen LogP contribution in [0.25, 0.3) is 0 Å². The van der Waals surface area contributed by atoms with Gasteiger partial charge in [0.1, 0.15) is 9.96 Å². The molecule has 2 aromatic rings. The van der Waals surface area contributed by atoms with Crippen LogP contribution in [0, 0.1) is 0 Å². The van der Waals surface area contributed by atoms with Crippen LogP contribution in [-0.4, -0.2) is 44.7 Å². The van der Waals surface area contributed by atoms with E-state index in [9.17, 15) is 18.0 Å². The van der Waals surface area contributed by atoms with Crippen LogP contribution in [0.15, 0.2) is 40.6 Å². The van der Waals surface area contributed by atoms with Crippen molar-refractivity contribution in [1.29, 1.82) is 0 Å². The second kappa shape index (κ2) is 9.67. The molecule has 152 valence electrons. The summed E-state index contributed by atoms with van der Waals surface area (Å²) in [5, 5.41) is 5.30. The monoisotopic (exact) mass is 425 g/mol. The zero-order valence-corrected chi connectivity index (χ0v) is 17.5. The Morgan fingerprint density at radius 3 is 2.61 bits per heavy atom. The molecule has 0 unspecified atom stereocenters. The van der Waals surface area contributed by atoms with Crippen molar-refractivity contribution in [3.63, 3.8) is 0 Å². The van der Waals surface area contributed by atoms with Crippen molar-refractivity contribution in [2.45, 2.75) is 24.6 Å². The molecular weight excluding hydrogens is 402 g/mol. The number of ether oxygens (including phenoxy) is 1. The molecule has 1 aromatic heterocycles. The smallest absolute Gasteiger partial charge is 0.253 e. The van der Waals surface area contributed by atoms with Crippen molar-refractivity contribution in [3.05, 3.63) is 41.3 Å². The van der Waals surface area contributed by atoms with Gasteiger partial charge in [0.25, 0.3) is 10.0 Å². The number of carbonyl (C=O) groups excluding carboxylic acids is 2. The number of thiophene rings is 1. The van der Waals surface area contributed by atoms with E-state index in [1.54, 1.807) is 37.3 Å². The summed E-state index contributed by atoms with van der Waals surface area (Å²) < 4.78 is 32.0. The van der Waals surface area contributed by atoms with Crippen LogP contribution in [0.5, 0.6) is 5.75 Å². The molecule has 0 radical (unpaired) electrons. The largest absolute Gasteiger partial charge is 0.497 e. The molecule has 0 aliphatic heterocycles. The SMILES string of the molecule is CCN(CC(=O)Nc1cccc(OC)c1)S(=O)(=O)c1ccc(CNC(C)=O)s1. The highest BCUT2D eigenvalue weighted by atomic mass is 32.2. The highest BCUT2D eigenvalue weighted by molar-refractivity contribution is 7.91. The Morgan fingerprint density at radius 2 is 1.96 bits per heavy atom. The van der Waals surface area contributed by atoms with Gasteiger partial charge in [-0.05, 0) is 24.3 Å². The minimum Gasteiger partial charge on any atom is -0.497 e. The standard InChI is InChI=1S/C18H23N3O5S2/c1-4-21(12-17(23)20-14-6-5-7-15(10-14)26-3)28(24,25)18-9-8-16(27-18)11-19-13(2)22/h5-10H,4,11-12H2,1-3H3,(H,19,22)(H,20,23). The van der Waals surface area contributed by atoms with Crippen LogP contribution in [0.2, 0.25) is 0 Å². The van der Waals surface area contributed by atoms with E-state index in [2.05, 4.69) is 10.6 Å². The van der Waals surface area contributed by atoms with Gasteiger partial charge in [0.15, 0.2) is 0 Å². The van der Waals surface area contributed by atoms with Gasteiger partial charge in [0, 0.05) is 30.1 Å². The molecule has 1 heterocycles. The van der Waals surface area contributed by atoms with Gasteiger partial charge in [-0.1, -0.05) is 13.0 Å². The van der Waals surface area contributed by atoms with E-state index in [0.717, 1.165) is 15.6 Å². The van der Waals surface area contributed by atoms with Gasteiger partial charge in [-0.15, -0.1) is 11.3 Å². The number of hydrogen-bond donors (Lipinski definition) is 2. The molecule has 0 saturated carbocycles. The fraction of sp³-hybridized carbons (Fsp3) is 0.333. The van der Waals surface area contributed by atoms with Crippen LogP contribution in [0.1, 0.15) is 18.7 Å². The Balaban J connectivity index is 2.08. The molecule has 0 fully saturated rings. The summed E-state index contributed by atoms with van der Waals surface area (Å²) in [5.74, 6) is -0.0565. The second-order valence-corrected chi connectivity index (χ2v) is 9.17. The summed E-state index contributed by atoms with van der Waals surface area (Å²) in [6.45, 7) is 3.16. The van der Waals surface area contributed by atoms with E-state index in [1.165, 1.54) is 20.1 Å². The van der Waals surface area contributed by atoms with Crippen molar-refractivity contribution in [3.8, 4) is 5.75 Å². The topological polar surface area (TPSA) is 105 Å². The maximum Gasteiger partial charge on any atom is 0.253 e. The lowest BCUT2D eigenvalue weighted by molar-refractivity contribution is -0.119. The first-order valence-electron chi connectivity index (χ1n) is 8.53. The lowest BCUT2D eigenvalue weighted by Gasteiger charge is -2.19. The second-order valence-electron chi connectivity index (χ2n) is 5.84. The number of benzene rings is 1. The summed E-state index contributed by atoms with van der Waals surface area (Å²) in [6, 6.07) is 9.95. The first kappa shape index (κ1) is 21.9.